The molecule has 0 atom stereocenters. The predicted molar refractivity (Wildman–Crippen MR) is 173 cm³/mol. The third kappa shape index (κ3) is 15.6. The van der Waals surface area contributed by atoms with Crippen molar-refractivity contribution < 1.29 is 4.79 Å². The molecule has 0 saturated carbocycles. The highest BCUT2D eigenvalue weighted by atomic mass is 127. The number of piperazine rings is 1. The highest BCUT2D eigenvalue weighted by Gasteiger charge is 2.17. The number of rotatable bonds is 23. The largest absolute Gasteiger partial charge is 0.354 e. The maximum Gasteiger partial charge on any atom is 0.252 e. The van der Waals surface area contributed by atoms with Gasteiger partial charge in [-0.2, -0.15) is 0 Å². The molecule has 0 aromatic carbocycles. The summed E-state index contributed by atoms with van der Waals surface area (Å²) in [4.78, 5) is 21.9. The Kier molecular flexibility index (Phi) is 20.1. The van der Waals surface area contributed by atoms with Crippen molar-refractivity contribution in [1.29, 1.82) is 0 Å². The summed E-state index contributed by atoms with van der Waals surface area (Å²) in [7, 11) is 0. The van der Waals surface area contributed by atoms with E-state index in [4.69, 9.17) is 0 Å². The second-order valence-corrected chi connectivity index (χ2v) is 12.3. The Morgan fingerprint density at radius 3 is 1.76 bits per heavy atom. The summed E-state index contributed by atoms with van der Waals surface area (Å²) in [5.74, 6) is 0.995. The van der Waals surface area contributed by atoms with Crippen LogP contribution < -0.4 is 10.2 Å². The van der Waals surface area contributed by atoms with Gasteiger partial charge in [0.1, 0.15) is 5.82 Å². The van der Waals surface area contributed by atoms with E-state index in [-0.39, 0.29) is 5.91 Å². The predicted octanol–water partition coefficient (Wildman–Crippen LogP) is 8.41. The molecule has 1 saturated heterocycles. The van der Waals surface area contributed by atoms with E-state index in [1.807, 2.05) is 12.1 Å². The lowest BCUT2D eigenvalue weighted by atomic mass is 10.0. The number of hydrogen-bond donors (Lipinski definition) is 1. The molecule has 0 spiro atoms. The number of carbonyl (C=O) groups is 1. The number of alkyl halides is 1. The van der Waals surface area contributed by atoms with Crippen molar-refractivity contribution in [3.63, 3.8) is 0 Å². The van der Waals surface area contributed by atoms with Crippen LogP contribution in [0.1, 0.15) is 133 Å². The zero-order valence-electron chi connectivity index (χ0n) is 24.5. The average Bonchev–Trinajstić information content (AvgIpc) is 2.95. The Hall–Kier alpha value is -0.890. The molecule has 1 aliphatic heterocycles. The first kappa shape index (κ1) is 33.3. The smallest absolute Gasteiger partial charge is 0.252 e. The molecule has 0 aliphatic carbocycles. The van der Waals surface area contributed by atoms with E-state index in [9.17, 15) is 4.79 Å². The number of nitrogens with zero attached hydrogens (tertiary/aromatic N) is 3. The van der Waals surface area contributed by atoms with Gasteiger partial charge < -0.3 is 10.2 Å². The van der Waals surface area contributed by atoms with Crippen LogP contribution in [0.2, 0.25) is 0 Å². The number of halogens is 1. The number of aromatic nitrogens is 1. The molecule has 2 rings (SSSR count). The van der Waals surface area contributed by atoms with E-state index in [0.717, 1.165) is 45.0 Å². The van der Waals surface area contributed by atoms with Gasteiger partial charge in [-0.25, -0.2) is 4.98 Å². The topological polar surface area (TPSA) is 48.5 Å². The zero-order valence-corrected chi connectivity index (χ0v) is 26.7. The van der Waals surface area contributed by atoms with Gasteiger partial charge in [-0.15, -0.1) is 0 Å². The summed E-state index contributed by atoms with van der Waals surface area (Å²) >= 11 is 2.48. The van der Waals surface area contributed by atoms with Gasteiger partial charge >= 0.3 is 0 Å². The van der Waals surface area contributed by atoms with Gasteiger partial charge in [0.25, 0.3) is 5.91 Å². The van der Waals surface area contributed by atoms with Gasteiger partial charge in [-0.1, -0.05) is 126 Å². The molecule has 1 aromatic rings. The van der Waals surface area contributed by atoms with E-state index < -0.39 is 0 Å². The minimum atomic E-state index is 0.00429. The molecule has 38 heavy (non-hydrogen) atoms. The minimum absolute atomic E-state index is 0.00429. The Labute approximate surface area is 248 Å². The molecule has 0 unspecified atom stereocenters. The van der Waals surface area contributed by atoms with Gasteiger partial charge in [-0.3, -0.25) is 9.69 Å². The molecule has 6 heteroatoms. The molecule has 1 aromatic heterocycles. The van der Waals surface area contributed by atoms with Crippen LogP contribution in [0, 0.1) is 0 Å². The Morgan fingerprint density at radius 2 is 1.29 bits per heavy atom. The summed E-state index contributed by atoms with van der Waals surface area (Å²) in [6.07, 6.45) is 26.3. The van der Waals surface area contributed by atoms with Gasteiger partial charge in [-0.05, 0) is 42.4 Å². The average molecular weight is 641 g/mol. The number of nitrogens with one attached hydrogen (secondary N) is 1. The Balaban J connectivity index is 1.39. The van der Waals surface area contributed by atoms with E-state index in [1.54, 1.807) is 6.20 Å². The van der Waals surface area contributed by atoms with Crippen molar-refractivity contribution in [3.8, 4) is 0 Å². The maximum atomic E-state index is 12.5. The van der Waals surface area contributed by atoms with Crippen molar-refractivity contribution in [2.24, 2.45) is 0 Å². The maximum absolute atomic E-state index is 12.5. The lowest BCUT2D eigenvalue weighted by Gasteiger charge is -2.35. The monoisotopic (exact) mass is 640 g/mol. The second kappa shape index (κ2) is 22.9. The summed E-state index contributed by atoms with van der Waals surface area (Å²) in [5.41, 5.74) is 0.669. The fraction of sp³-hybridized carbons (Fsp3) is 0.812. The van der Waals surface area contributed by atoms with Crippen LogP contribution in [0.4, 0.5) is 5.82 Å². The zero-order chi connectivity index (χ0) is 27.1. The third-order valence-corrected chi connectivity index (χ3v) is 8.64. The number of carbonyl (C=O) groups excluding carboxylic acids is 1. The van der Waals surface area contributed by atoms with Crippen molar-refractivity contribution in [2.75, 3.05) is 48.6 Å². The normalized spacial score (nSPS) is 14.2. The van der Waals surface area contributed by atoms with Crippen LogP contribution in [0.15, 0.2) is 18.3 Å². The van der Waals surface area contributed by atoms with Crippen LogP contribution in [0.25, 0.3) is 0 Å². The third-order valence-electron chi connectivity index (χ3n) is 7.88. The molecule has 5 nitrogen and oxygen atoms in total. The second-order valence-electron chi connectivity index (χ2n) is 11.2. The minimum Gasteiger partial charge on any atom is -0.354 e. The van der Waals surface area contributed by atoms with Gasteiger partial charge in [0, 0.05) is 38.9 Å². The van der Waals surface area contributed by atoms with Gasteiger partial charge in [0.05, 0.1) is 5.56 Å². The summed E-state index contributed by atoms with van der Waals surface area (Å²) in [6, 6.07) is 3.93. The molecular formula is C32H57IN4O. The molecular weight excluding hydrogens is 583 g/mol. The first-order valence-electron chi connectivity index (χ1n) is 16.0. The standard InChI is InChI=1S/C32H57IN4O/c1-2-3-24-36-25-27-37(28-26-36)31-21-20-30(29-35-31)32(38)34-23-19-17-15-13-11-9-7-5-4-6-8-10-12-14-16-18-22-33/h20-21,29H,2-19,22-28H2,1H3,(H,34,38). The summed E-state index contributed by atoms with van der Waals surface area (Å²) in [5, 5.41) is 3.08. The molecule has 1 amide bonds. The van der Waals surface area contributed by atoms with Crippen molar-refractivity contribution in [3.05, 3.63) is 23.9 Å². The SMILES string of the molecule is CCCCN1CCN(c2ccc(C(=O)NCCCCCCCCCCCCCCCCCCI)cn2)CC1. The van der Waals surface area contributed by atoms with E-state index >= 15 is 0 Å². The quantitative estimate of drug-likeness (QED) is 0.0742. The highest BCUT2D eigenvalue weighted by molar-refractivity contribution is 14.1. The van der Waals surface area contributed by atoms with E-state index in [2.05, 4.69) is 49.6 Å². The van der Waals surface area contributed by atoms with E-state index in [1.165, 1.54) is 120 Å². The molecule has 1 aliphatic rings. The van der Waals surface area contributed by atoms with Crippen molar-refractivity contribution in [1.82, 2.24) is 15.2 Å². The number of amides is 1. The number of pyridine rings is 1. The van der Waals surface area contributed by atoms with Gasteiger partial charge in [0.15, 0.2) is 0 Å². The summed E-state index contributed by atoms with van der Waals surface area (Å²) in [6.45, 7) is 8.45. The van der Waals surface area contributed by atoms with Gasteiger partial charge in [0.2, 0.25) is 0 Å². The molecule has 1 N–H and O–H groups in total. The summed E-state index contributed by atoms with van der Waals surface area (Å²) < 4.78 is 1.32. The first-order chi connectivity index (χ1) is 18.7. The molecule has 218 valence electrons. The molecule has 0 radical (unpaired) electrons. The first-order valence-corrected chi connectivity index (χ1v) is 17.5. The lowest BCUT2D eigenvalue weighted by molar-refractivity contribution is 0.0952. The van der Waals surface area contributed by atoms with Crippen LogP contribution >= 0.6 is 22.6 Å². The number of hydrogen-bond acceptors (Lipinski definition) is 4. The van der Waals surface area contributed by atoms with Crippen LogP contribution in [0.3, 0.4) is 0 Å². The van der Waals surface area contributed by atoms with E-state index in [0.29, 0.717) is 5.56 Å². The Bertz CT molecular complexity index is 691. The number of anilines is 1. The van der Waals surface area contributed by atoms with Crippen LogP contribution in [0.5, 0.6) is 0 Å². The molecule has 1 fully saturated rings. The van der Waals surface area contributed by atoms with Crippen LogP contribution in [-0.2, 0) is 0 Å². The van der Waals surface area contributed by atoms with Crippen molar-refractivity contribution >= 4 is 34.3 Å². The Morgan fingerprint density at radius 1 is 0.763 bits per heavy atom. The van der Waals surface area contributed by atoms with Crippen molar-refractivity contribution in [2.45, 2.75) is 122 Å². The highest BCUT2D eigenvalue weighted by Crippen LogP contribution is 2.16. The molecule has 0 bridgehead atoms. The molecule has 2 heterocycles. The fourth-order valence-electron chi connectivity index (χ4n) is 5.29. The fourth-order valence-corrected chi connectivity index (χ4v) is 5.83. The lowest BCUT2D eigenvalue weighted by Crippen LogP contribution is -2.46. The van der Waals surface area contributed by atoms with Crippen LogP contribution in [-0.4, -0.2) is 59.5 Å². The number of unbranched alkanes of at least 4 members (excludes halogenated alkanes) is 16.